The summed E-state index contributed by atoms with van der Waals surface area (Å²) in [7, 11) is 0. The lowest BCUT2D eigenvalue weighted by Gasteiger charge is -2.26. The quantitative estimate of drug-likeness (QED) is 0.152. The van der Waals surface area contributed by atoms with Crippen molar-refractivity contribution in [1.29, 1.82) is 0 Å². The minimum Gasteiger partial charge on any atom is -0.507 e. The molecular weight excluding hydrogens is 725 g/mol. The number of aromatic hydroxyl groups is 1. The van der Waals surface area contributed by atoms with E-state index in [1.165, 1.54) is 0 Å². The molecule has 2 heterocycles. The molecular formula is C54H40N2OS. The second-order valence-corrected chi connectivity index (χ2v) is 15.3. The summed E-state index contributed by atoms with van der Waals surface area (Å²) in [4.78, 5) is 3.30. The van der Waals surface area contributed by atoms with E-state index in [0.717, 1.165) is 98.8 Å². The predicted octanol–water partition coefficient (Wildman–Crippen LogP) is 14.9. The Kier molecular flexibility index (Phi) is 9.76. The van der Waals surface area contributed by atoms with E-state index in [1.54, 1.807) is 17.4 Å². The lowest BCUT2D eigenvalue weighted by atomic mass is 9.91. The van der Waals surface area contributed by atoms with Gasteiger partial charge in [0, 0.05) is 49.2 Å². The number of anilines is 3. The molecule has 0 fully saturated rings. The monoisotopic (exact) mass is 764 g/mol. The van der Waals surface area contributed by atoms with Gasteiger partial charge in [-0.2, -0.15) is 0 Å². The minimum atomic E-state index is 0.251. The molecule has 7 aromatic carbocycles. The van der Waals surface area contributed by atoms with Gasteiger partial charge in [-0.25, -0.2) is 0 Å². The smallest absolute Gasteiger partial charge is 0.123 e. The van der Waals surface area contributed by atoms with Gasteiger partial charge < -0.3 is 15.7 Å². The van der Waals surface area contributed by atoms with Gasteiger partial charge in [0.25, 0.3) is 0 Å². The fourth-order valence-corrected chi connectivity index (χ4v) is 9.07. The van der Waals surface area contributed by atoms with Gasteiger partial charge in [0.15, 0.2) is 0 Å². The molecule has 0 unspecified atom stereocenters. The average molecular weight is 765 g/mol. The molecule has 1 aromatic heterocycles. The summed E-state index contributed by atoms with van der Waals surface area (Å²) in [6.45, 7) is 8.84. The predicted molar refractivity (Wildman–Crippen MR) is 251 cm³/mol. The Morgan fingerprint density at radius 3 is 2.03 bits per heavy atom. The van der Waals surface area contributed by atoms with Gasteiger partial charge >= 0.3 is 0 Å². The number of hydrogen-bond acceptors (Lipinski definition) is 4. The minimum absolute atomic E-state index is 0.251. The largest absolute Gasteiger partial charge is 0.507 e. The summed E-state index contributed by atoms with van der Waals surface area (Å²) in [5.41, 5.74) is 21.9. The van der Waals surface area contributed by atoms with Gasteiger partial charge in [-0.1, -0.05) is 153 Å². The number of phenols is 1. The Balaban J connectivity index is 1.16. The van der Waals surface area contributed by atoms with Crippen LogP contribution in [0.1, 0.15) is 21.6 Å². The molecule has 3 nitrogen and oxygen atoms in total. The second-order valence-electron chi connectivity index (χ2n) is 14.3. The number of allylic oxidation sites excluding steroid dienone is 4. The van der Waals surface area contributed by atoms with E-state index in [9.17, 15) is 5.11 Å². The van der Waals surface area contributed by atoms with Crippen LogP contribution in [0.5, 0.6) is 5.75 Å². The van der Waals surface area contributed by atoms with Crippen LogP contribution in [0.4, 0.5) is 17.1 Å². The number of benzene rings is 7. The fraction of sp³-hybridized carbons (Fsp3) is 0. The van der Waals surface area contributed by atoms with Gasteiger partial charge in [0.2, 0.25) is 0 Å². The Bertz CT molecular complexity index is 2950. The number of hydrogen-bond donors (Lipinski definition) is 2. The van der Waals surface area contributed by atoms with E-state index >= 15 is 0 Å². The topological polar surface area (TPSA) is 49.5 Å². The van der Waals surface area contributed by atoms with Gasteiger partial charge in [-0.15, -0.1) is 11.3 Å². The molecule has 8 aromatic rings. The highest BCUT2D eigenvalue weighted by atomic mass is 32.1. The van der Waals surface area contributed by atoms with Crippen LogP contribution < -0.4 is 10.6 Å². The molecule has 3 N–H and O–H groups in total. The Hall–Kier alpha value is -7.40. The Labute approximate surface area is 343 Å². The van der Waals surface area contributed by atoms with Gasteiger partial charge in [-0.3, -0.25) is 0 Å². The van der Waals surface area contributed by atoms with Gasteiger partial charge in [0.1, 0.15) is 5.75 Å². The van der Waals surface area contributed by atoms with E-state index in [-0.39, 0.29) is 5.75 Å². The first-order chi connectivity index (χ1) is 28.5. The highest BCUT2D eigenvalue weighted by molar-refractivity contribution is 7.20. The van der Waals surface area contributed by atoms with Crippen molar-refractivity contribution in [2.75, 3.05) is 10.6 Å². The molecule has 0 bridgehead atoms. The maximum Gasteiger partial charge on any atom is 0.123 e. The number of nitrogens with zero attached hydrogens (tertiary/aromatic N) is 1. The number of fused-ring (bicyclic) bond motifs is 3. The Morgan fingerprint density at radius 1 is 0.603 bits per heavy atom. The van der Waals surface area contributed by atoms with Crippen LogP contribution in [0.2, 0.25) is 0 Å². The summed E-state index contributed by atoms with van der Waals surface area (Å²) in [5.74, 6) is 0.251. The zero-order valence-corrected chi connectivity index (χ0v) is 32.7. The average Bonchev–Trinajstić information content (AvgIpc) is 3.63. The van der Waals surface area contributed by atoms with Crippen LogP contribution in [0, 0.1) is 0 Å². The van der Waals surface area contributed by atoms with Crippen LogP contribution in [0.3, 0.4) is 0 Å². The number of thiophene rings is 1. The lowest BCUT2D eigenvalue weighted by Crippen LogP contribution is -2.11. The number of rotatable bonds is 8. The molecule has 0 radical (unpaired) electrons. The maximum absolute atomic E-state index is 10.7. The first-order valence-corrected chi connectivity index (χ1v) is 20.0. The third-order valence-electron chi connectivity index (χ3n) is 10.7. The van der Waals surface area contributed by atoms with Crippen LogP contribution in [-0.2, 0) is 0 Å². The Morgan fingerprint density at radius 2 is 1.29 bits per heavy atom. The zero-order valence-electron chi connectivity index (χ0n) is 31.8. The summed E-state index contributed by atoms with van der Waals surface area (Å²) in [5, 5.41) is 11.8. The molecule has 0 amide bonds. The normalized spacial score (nSPS) is 13.6. The SMILES string of the molecule is C=Cc1c(/C=C\c2ccc(-c3ccccc3)cc2-c2cc(-c3ccccc3)ccc2N)sc2c3c(ccc12)N(c1cccc(-c2ccccc2O)c1)/C=C\C=C/C3=C. The second kappa shape index (κ2) is 15.6. The molecule has 1 aliphatic heterocycles. The van der Waals surface area contributed by atoms with E-state index in [4.69, 9.17) is 5.73 Å². The lowest BCUT2D eigenvalue weighted by molar-refractivity contribution is 0.477. The molecule has 9 rings (SSSR count). The summed E-state index contributed by atoms with van der Waals surface area (Å²) in [6, 6.07) is 53.9. The highest BCUT2D eigenvalue weighted by Crippen LogP contribution is 2.46. The van der Waals surface area contributed by atoms with Crippen molar-refractivity contribution < 1.29 is 5.11 Å². The van der Waals surface area contributed by atoms with Crippen molar-refractivity contribution in [3.63, 3.8) is 0 Å². The van der Waals surface area contributed by atoms with Crippen LogP contribution in [-0.4, -0.2) is 5.11 Å². The highest BCUT2D eigenvalue weighted by Gasteiger charge is 2.21. The molecule has 1 aliphatic rings. The first kappa shape index (κ1) is 36.3. The molecule has 0 saturated carbocycles. The van der Waals surface area contributed by atoms with Crippen LogP contribution in [0.15, 0.2) is 195 Å². The first-order valence-electron chi connectivity index (χ1n) is 19.2. The van der Waals surface area contributed by atoms with E-state index in [0.29, 0.717) is 0 Å². The molecule has 0 aliphatic carbocycles. The van der Waals surface area contributed by atoms with Crippen molar-refractivity contribution in [3.05, 3.63) is 217 Å². The van der Waals surface area contributed by atoms with Crippen molar-refractivity contribution >= 4 is 62.3 Å². The van der Waals surface area contributed by atoms with E-state index in [1.807, 2.05) is 66.8 Å². The number of para-hydroxylation sites is 1. The van der Waals surface area contributed by atoms with Gasteiger partial charge in [-0.05, 0) is 105 Å². The maximum atomic E-state index is 10.7. The molecule has 0 atom stereocenters. The summed E-state index contributed by atoms with van der Waals surface area (Å²) in [6.07, 6.45) is 14.6. The molecule has 0 spiro atoms. The van der Waals surface area contributed by atoms with Crippen LogP contribution in [0.25, 0.3) is 78.4 Å². The summed E-state index contributed by atoms with van der Waals surface area (Å²) < 4.78 is 1.14. The van der Waals surface area contributed by atoms with Crippen molar-refractivity contribution in [3.8, 4) is 50.3 Å². The third-order valence-corrected chi connectivity index (χ3v) is 11.9. The standard InChI is InChI=1S/C54H40N2OS/c1-3-44-46-28-30-50-53(36(2)15-12-13-32-56(50)43-21-14-20-42(33-43)45-22-10-11-23-51(45)57)54(46)58-52(44)31-27-39-24-25-40(37-16-6-4-7-17-37)34-47(39)48-35-41(26-29-49(48)55)38-18-8-5-9-19-38/h3-35,57H,1-2,55H2/b15-12-,31-27-,32-13-. The van der Waals surface area contributed by atoms with Crippen molar-refractivity contribution in [1.82, 2.24) is 0 Å². The summed E-state index contributed by atoms with van der Waals surface area (Å²) >= 11 is 1.74. The fourth-order valence-electron chi connectivity index (χ4n) is 7.78. The van der Waals surface area contributed by atoms with Crippen molar-refractivity contribution in [2.45, 2.75) is 0 Å². The zero-order chi connectivity index (χ0) is 39.6. The molecule has 0 saturated heterocycles. The molecule has 58 heavy (non-hydrogen) atoms. The van der Waals surface area contributed by atoms with Crippen LogP contribution >= 0.6 is 11.3 Å². The number of nitrogen functional groups attached to an aromatic ring is 1. The van der Waals surface area contributed by atoms with Crippen molar-refractivity contribution in [2.24, 2.45) is 0 Å². The van der Waals surface area contributed by atoms with E-state index < -0.39 is 0 Å². The molecule has 278 valence electrons. The third kappa shape index (κ3) is 6.87. The van der Waals surface area contributed by atoms with E-state index in [2.05, 4.69) is 146 Å². The molecule has 4 heteroatoms. The van der Waals surface area contributed by atoms with Gasteiger partial charge in [0.05, 0.1) is 5.69 Å². The number of phenolic OH excluding ortho intramolecular Hbond substituents is 1. The number of nitrogens with two attached hydrogens (primary N) is 1.